The van der Waals surface area contributed by atoms with Gasteiger partial charge in [0.05, 0.1) is 5.56 Å². The van der Waals surface area contributed by atoms with Crippen molar-refractivity contribution in [1.82, 2.24) is 9.80 Å². The number of aryl methyl sites for hydroxylation is 1. The molecule has 25 heavy (non-hydrogen) atoms. The summed E-state index contributed by atoms with van der Waals surface area (Å²) >= 11 is 0. The first kappa shape index (κ1) is 17.9. The Bertz CT molecular complexity index is 631. The number of hydrogen-bond acceptors (Lipinski definition) is 2. The number of amides is 2. The van der Waals surface area contributed by atoms with Gasteiger partial charge in [0.1, 0.15) is 5.82 Å². The summed E-state index contributed by atoms with van der Waals surface area (Å²) in [5.41, 5.74) is 1.01. The molecule has 0 N–H and O–H groups in total. The smallest absolute Gasteiger partial charge is 0.256 e. The van der Waals surface area contributed by atoms with Crippen molar-refractivity contribution in [3.8, 4) is 0 Å². The van der Waals surface area contributed by atoms with Gasteiger partial charge in [-0.1, -0.05) is 24.5 Å². The van der Waals surface area contributed by atoms with E-state index in [1.165, 1.54) is 18.9 Å². The number of piperidine rings is 1. The molecular weight excluding hydrogens is 319 g/mol. The van der Waals surface area contributed by atoms with Gasteiger partial charge < -0.3 is 9.80 Å². The fourth-order valence-corrected chi connectivity index (χ4v) is 3.85. The molecule has 0 aliphatic carbocycles. The van der Waals surface area contributed by atoms with E-state index >= 15 is 0 Å². The molecule has 0 saturated carbocycles. The van der Waals surface area contributed by atoms with Crippen molar-refractivity contribution in [2.45, 2.75) is 45.4 Å². The maximum atomic E-state index is 14.0. The first-order chi connectivity index (χ1) is 12.1. The van der Waals surface area contributed by atoms with Crippen molar-refractivity contribution in [2.75, 3.05) is 26.2 Å². The van der Waals surface area contributed by atoms with Gasteiger partial charge in [0.2, 0.25) is 5.91 Å². The maximum Gasteiger partial charge on any atom is 0.256 e. The van der Waals surface area contributed by atoms with Crippen LogP contribution in [0.4, 0.5) is 4.39 Å². The van der Waals surface area contributed by atoms with E-state index in [2.05, 4.69) is 0 Å². The molecular formula is C20H27FN2O2. The third-order valence-electron chi connectivity index (χ3n) is 5.40. The maximum absolute atomic E-state index is 14.0. The second-order valence-corrected chi connectivity index (χ2v) is 7.29. The molecule has 0 atom stereocenters. The molecule has 2 saturated heterocycles. The van der Waals surface area contributed by atoms with E-state index in [0.717, 1.165) is 31.5 Å². The van der Waals surface area contributed by atoms with E-state index in [4.69, 9.17) is 0 Å². The Morgan fingerprint density at radius 1 is 0.960 bits per heavy atom. The first-order valence-corrected chi connectivity index (χ1v) is 9.40. The highest BCUT2D eigenvalue weighted by molar-refractivity contribution is 5.95. The molecule has 136 valence electrons. The monoisotopic (exact) mass is 346 g/mol. The van der Waals surface area contributed by atoms with Crippen molar-refractivity contribution in [2.24, 2.45) is 5.92 Å². The summed E-state index contributed by atoms with van der Waals surface area (Å²) in [6, 6.07) is 4.61. The van der Waals surface area contributed by atoms with Gasteiger partial charge in [-0.25, -0.2) is 4.39 Å². The van der Waals surface area contributed by atoms with Crippen LogP contribution in [0.15, 0.2) is 18.2 Å². The Morgan fingerprint density at radius 3 is 2.24 bits per heavy atom. The lowest BCUT2D eigenvalue weighted by Crippen LogP contribution is -2.44. The van der Waals surface area contributed by atoms with Crippen molar-refractivity contribution in [1.29, 1.82) is 0 Å². The zero-order valence-corrected chi connectivity index (χ0v) is 15.0. The zero-order valence-electron chi connectivity index (χ0n) is 15.0. The van der Waals surface area contributed by atoms with Crippen LogP contribution in [0, 0.1) is 18.7 Å². The number of halogens is 1. The van der Waals surface area contributed by atoms with Gasteiger partial charge in [0.25, 0.3) is 5.91 Å². The molecule has 0 spiro atoms. The van der Waals surface area contributed by atoms with Crippen LogP contribution in [0.25, 0.3) is 0 Å². The molecule has 0 radical (unpaired) electrons. The van der Waals surface area contributed by atoms with Gasteiger partial charge in [-0.15, -0.1) is 0 Å². The van der Waals surface area contributed by atoms with E-state index in [0.29, 0.717) is 25.9 Å². The average Bonchev–Trinajstić information content (AvgIpc) is 2.92. The molecule has 0 unspecified atom stereocenters. The normalized spacial score (nSPS) is 19.6. The Morgan fingerprint density at radius 2 is 1.60 bits per heavy atom. The van der Waals surface area contributed by atoms with Gasteiger partial charge in [0.15, 0.2) is 0 Å². The summed E-state index contributed by atoms with van der Waals surface area (Å²) in [5.74, 6) is -0.486. The van der Waals surface area contributed by atoms with Crippen molar-refractivity contribution >= 4 is 11.8 Å². The summed E-state index contributed by atoms with van der Waals surface area (Å²) in [6.07, 6.45) is 5.95. The molecule has 2 aliphatic rings. The Balaban J connectivity index is 1.58. The molecule has 0 bridgehead atoms. The lowest BCUT2D eigenvalue weighted by molar-refractivity contribution is -0.136. The summed E-state index contributed by atoms with van der Waals surface area (Å²) < 4.78 is 14.0. The molecule has 2 aliphatic heterocycles. The molecule has 5 heteroatoms. The van der Waals surface area contributed by atoms with Crippen molar-refractivity contribution < 1.29 is 14.0 Å². The molecule has 4 nitrogen and oxygen atoms in total. The summed E-state index contributed by atoms with van der Waals surface area (Å²) in [4.78, 5) is 29.0. The number of carbonyl (C=O) groups is 2. The van der Waals surface area contributed by atoms with Gasteiger partial charge in [-0.3, -0.25) is 9.59 Å². The highest BCUT2D eigenvalue weighted by atomic mass is 19.1. The average molecular weight is 346 g/mol. The molecule has 1 aromatic carbocycles. The Kier molecular flexibility index (Phi) is 5.71. The molecule has 0 aromatic heterocycles. The highest BCUT2D eigenvalue weighted by Gasteiger charge is 2.31. The molecule has 2 heterocycles. The van der Waals surface area contributed by atoms with Gasteiger partial charge in [-0.05, 0) is 44.7 Å². The Labute approximate surface area is 149 Å². The predicted octanol–water partition coefficient (Wildman–Crippen LogP) is 3.39. The first-order valence-electron chi connectivity index (χ1n) is 9.40. The van der Waals surface area contributed by atoms with Crippen LogP contribution in [-0.4, -0.2) is 47.8 Å². The number of likely N-dealkylation sites (tertiary alicyclic amines) is 2. The summed E-state index contributed by atoms with van der Waals surface area (Å²) in [7, 11) is 0. The highest BCUT2D eigenvalue weighted by Crippen LogP contribution is 2.23. The quantitative estimate of drug-likeness (QED) is 0.824. The van der Waals surface area contributed by atoms with Crippen LogP contribution in [-0.2, 0) is 4.79 Å². The third kappa shape index (κ3) is 4.20. The van der Waals surface area contributed by atoms with E-state index in [1.807, 2.05) is 11.8 Å². The van der Waals surface area contributed by atoms with Crippen LogP contribution in [0.2, 0.25) is 0 Å². The third-order valence-corrected chi connectivity index (χ3v) is 5.40. The molecule has 3 rings (SSSR count). The SMILES string of the molecule is Cc1ccc(F)c(C(=O)N2CCC(C(=O)N3CCCCCC3)CC2)c1. The number of hydrogen-bond donors (Lipinski definition) is 0. The number of benzene rings is 1. The fraction of sp³-hybridized carbons (Fsp3) is 0.600. The van der Waals surface area contributed by atoms with Crippen LogP contribution in [0.1, 0.15) is 54.4 Å². The number of carbonyl (C=O) groups excluding carboxylic acids is 2. The number of rotatable bonds is 2. The second-order valence-electron chi connectivity index (χ2n) is 7.29. The van der Waals surface area contributed by atoms with E-state index < -0.39 is 5.82 Å². The largest absolute Gasteiger partial charge is 0.342 e. The van der Waals surface area contributed by atoms with Crippen LogP contribution < -0.4 is 0 Å². The molecule has 2 fully saturated rings. The second kappa shape index (κ2) is 7.98. The lowest BCUT2D eigenvalue weighted by Gasteiger charge is -2.34. The molecule has 1 aromatic rings. The number of nitrogens with zero attached hydrogens (tertiary/aromatic N) is 2. The summed E-state index contributed by atoms with van der Waals surface area (Å²) in [5, 5.41) is 0. The lowest BCUT2D eigenvalue weighted by atomic mass is 9.94. The van der Waals surface area contributed by atoms with E-state index in [1.54, 1.807) is 17.0 Å². The summed E-state index contributed by atoms with van der Waals surface area (Å²) in [6.45, 7) is 4.63. The molecule has 2 amide bonds. The van der Waals surface area contributed by atoms with Crippen molar-refractivity contribution in [3.05, 3.63) is 35.1 Å². The van der Waals surface area contributed by atoms with Crippen LogP contribution >= 0.6 is 0 Å². The minimum Gasteiger partial charge on any atom is -0.342 e. The van der Waals surface area contributed by atoms with Crippen LogP contribution in [0.5, 0.6) is 0 Å². The fourth-order valence-electron chi connectivity index (χ4n) is 3.85. The standard InChI is InChI=1S/C20H27FN2O2/c1-15-6-7-18(21)17(14-15)20(25)23-12-8-16(9-13-23)19(24)22-10-4-2-3-5-11-22/h6-7,14,16H,2-5,8-13H2,1H3. The minimum atomic E-state index is -0.474. The van der Waals surface area contributed by atoms with E-state index in [-0.39, 0.29) is 23.3 Å². The minimum absolute atomic E-state index is 0.00417. The van der Waals surface area contributed by atoms with Gasteiger partial charge >= 0.3 is 0 Å². The van der Waals surface area contributed by atoms with Crippen LogP contribution in [0.3, 0.4) is 0 Å². The predicted molar refractivity (Wildman–Crippen MR) is 94.8 cm³/mol. The van der Waals surface area contributed by atoms with E-state index in [9.17, 15) is 14.0 Å². The topological polar surface area (TPSA) is 40.6 Å². The van der Waals surface area contributed by atoms with Gasteiger partial charge in [0, 0.05) is 32.1 Å². The zero-order chi connectivity index (χ0) is 17.8. The van der Waals surface area contributed by atoms with Gasteiger partial charge in [-0.2, -0.15) is 0 Å². The van der Waals surface area contributed by atoms with Crippen molar-refractivity contribution in [3.63, 3.8) is 0 Å². The Hall–Kier alpha value is -1.91.